The Balaban J connectivity index is 2.56. The van der Waals surface area contributed by atoms with Gasteiger partial charge in [-0.15, -0.1) is 0 Å². The predicted molar refractivity (Wildman–Crippen MR) is 148 cm³/mol. The first-order chi connectivity index (χ1) is 20.3. The molecule has 42 heavy (non-hydrogen) atoms. The summed E-state index contributed by atoms with van der Waals surface area (Å²) in [4.78, 5) is 45.2. The van der Waals surface area contributed by atoms with Gasteiger partial charge in [-0.05, 0) is 12.1 Å². The lowest BCUT2D eigenvalue weighted by Gasteiger charge is -2.13. The molecule has 0 fully saturated rings. The van der Waals surface area contributed by atoms with Crippen molar-refractivity contribution in [1.82, 2.24) is 0 Å². The lowest BCUT2D eigenvalue weighted by atomic mass is 10.1. The van der Waals surface area contributed by atoms with Crippen molar-refractivity contribution in [3.8, 4) is 23.0 Å². The zero-order chi connectivity index (χ0) is 30.7. The Labute approximate surface area is 239 Å². The highest BCUT2D eigenvalue weighted by molar-refractivity contribution is 5.96. The molecule has 2 rings (SSSR count). The van der Waals surface area contributed by atoms with E-state index in [0.29, 0.717) is 10.8 Å². The Morgan fingerprint density at radius 1 is 0.429 bits per heavy atom. The second kappa shape index (κ2) is 17.3. The van der Waals surface area contributed by atoms with Gasteiger partial charge in [-0.3, -0.25) is 0 Å². The lowest BCUT2D eigenvalue weighted by Crippen LogP contribution is -1.96. The summed E-state index contributed by atoms with van der Waals surface area (Å²) in [7, 11) is 0. The van der Waals surface area contributed by atoms with Gasteiger partial charge in [0.2, 0.25) is 0 Å². The molecule has 0 spiro atoms. The smallest absolute Gasteiger partial charge is 0.335 e. The van der Waals surface area contributed by atoms with Crippen LogP contribution < -0.4 is 18.9 Å². The average Bonchev–Trinajstić information content (AvgIpc) is 3.01. The number of hydrogen-bond donors (Lipinski definition) is 0. The van der Waals surface area contributed by atoms with E-state index in [0.717, 1.165) is 74.4 Å². The molecule has 0 heterocycles. The van der Waals surface area contributed by atoms with Crippen molar-refractivity contribution in [3.05, 3.63) is 125 Å². The van der Waals surface area contributed by atoms with Crippen molar-refractivity contribution in [3.63, 3.8) is 0 Å². The fourth-order valence-electron chi connectivity index (χ4n) is 2.66. The Bertz CT molecular complexity index is 1370. The summed E-state index contributed by atoms with van der Waals surface area (Å²) >= 11 is 0. The highest BCUT2D eigenvalue weighted by Crippen LogP contribution is 2.40. The number of carbonyl (C=O) groups excluding carboxylic acids is 4. The summed E-state index contributed by atoms with van der Waals surface area (Å²) in [5.41, 5.74) is 0. The van der Waals surface area contributed by atoms with Crippen LogP contribution in [0, 0.1) is 0 Å². The number of rotatable bonds is 16. The normalized spacial score (nSPS) is 10.8. The molecule has 0 aliphatic rings. The molecule has 216 valence electrons. The van der Waals surface area contributed by atoms with Gasteiger partial charge in [0.15, 0.2) is 0 Å². The van der Waals surface area contributed by atoms with Crippen LogP contribution in [0.4, 0.5) is 0 Å². The molecule has 0 saturated carbocycles. The van der Waals surface area contributed by atoms with Crippen LogP contribution in [0.15, 0.2) is 125 Å². The third-order valence-electron chi connectivity index (χ3n) is 4.36. The van der Waals surface area contributed by atoms with Crippen molar-refractivity contribution in [2.24, 2.45) is 0 Å². The van der Waals surface area contributed by atoms with Crippen LogP contribution in [0.1, 0.15) is 0 Å². The monoisotopic (exact) mass is 576 g/mol. The van der Waals surface area contributed by atoms with E-state index in [4.69, 9.17) is 37.9 Å². The van der Waals surface area contributed by atoms with E-state index in [1.54, 1.807) is 12.1 Å². The van der Waals surface area contributed by atoms with Gasteiger partial charge in [0, 0.05) is 47.2 Å². The molecule has 0 bridgehead atoms. The maximum Gasteiger partial charge on any atom is 0.335 e. The molecule has 0 N–H and O–H groups in total. The first-order valence-corrected chi connectivity index (χ1v) is 11.5. The molecule has 0 saturated heterocycles. The number of fused-ring (bicyclic) bond motifs is 1. The van der Waals surface area contributed by atoms with Crippen molar-refractivity contribution in [1.29, 1.82) is 0 Å². The molecule has 0 unspecified atom stereocenters. The Morgan fingerprint density at radius 2 is 0.714 bits per heavy atom. The number of carbonyl (C=O) groups is 4. The second-order valence-electron chi connectivity index (χ2n) is 7.06. The summed E-state index contributed by atoms with van der Waals surface area (Å²) in [6, 6.07) is 6.01. The van der Waals surface area contributed by atoms with Crippen LogP contribution in [0.2, 0.25) is 0 Å². The summed E-state index contributed by atoms with van der Waals surface area (Å²) in [5, 5.41) is 0.786. The minimum absolute atomic E-state index is 0.157. The van der Waals surface area contributed by atoms with Gasteiger partial charge >= 0.3 is 23.9 Å². The Morgan fingerprint density at radius 3 is 1.00 bits per heavy atom. The summed E-state index contributed by atoms with van der Waals surface area (Å²) in [6.07, 6.45) is 12.2. The molecule has 0 amide bonds. The molecule has 0 atom stereocenters. The largest absolute Gasteiger partial charge is 0.462 e. The second-order valence-corrected chi connectivity index (χ2v) is 7.06. The summed E-state index contributed by atoms with van der Waals surface area (Å²) < 4.78 is 41.4. The van der Waals surface area contributed by atoms with E-state index in [1.807, 2.05) is 0 Å². The molecule has 0 aromatic heterocycles. The molecule has 2 aromatic carbocycles. The number of benzene rings is 2. The van der Waals surface area contributed by atoms with Crippen LogP contribution in [-0.4, -0.2) is 23.9 Å². The van der Waals surface area contributed by atoms with Crippen LogP contribution in [0.5, 0.6) is 23.0 Å². The fourth-order valence-corrected chi connectivity index (χ4v) is 2.66. The maximum absolute atomic E-state index is 11.3. The SMILES string of the molecule is C=CC(=O)O/C=C\Oc1cc(O/C=C\OC(=O)C=C)c2cc(O/C=C\OC(=O)C=C)cc(O/C=C\OC(=O)C=C)c2c1. The highest BCUT2D eigenvalue weighted by atomic mass is 16.6. The van der Waals surface area contributed by atoms with Crippen molar-refractivity contribution >= 4 is 34.6 Å². The molecular weight excluding hydrogens is 552 g/mol. The van der Waals surface area contributed by atoms with E-state index in [9.17, 15) is 19.2 Å². The lowest BCUT2D eigenvalue weighted by molar-refractivity contribution is -0.133. The van der Waals surface area contributed by atoms with Gasteiger partial charge in [0.25, 0.3) is 0 Å². The topological polar surface area (TPSA) is 142 Å². The minimum Gasteiger partial charge on any atom is -0.462 e. The molecule has 12 nitrogen and oxygen atoms in total. The number of ether oxygens (including phenoxy) is 8. The zero-order valence-electron chi connectivity index (χ0n) is 22.0. The average molecular weight is 577 g/mol. The quantitative estimate of drug-likeness (QED) is 0.113. The molecule has 12 heteroatoms. The minimum atomic E-state index is -0.713. The predicted octanol–water partition coefficient (Wildman–Crippen LogP) is 5.16. The van der Waals surface area contributed by atoms with E-state index >= 15 is 0 Å². The zero-order valence-corrected chi connectivity index (χ0v) is 22.0. The summed E-state index contributed by atoms with van der Waals surface area (Å²) in [5.74, 6) is -2.12. The van der Waals surface area contributed by atoms with Gasteiger partial charge < -0.3 is 37.9 Å². The first-order valence-electron chi connectivity index (χ1n) is 11.5. The van der Waals surface area contributed by atoms with Gasteiger partial charge in [-0.1, -0.05) is 26.3 Å². The Hall–Kier alpha value is -6.30. The van der Waals surface area contributed by atoms with Crippen molar-refractivity contribution < 1.29 is 57.1 Å². The molecular formula is C30H24O12. The van der Waals surface area contributed by atoms with Crippen molar-refractivity contribution in [2.75, 3.05) is 0 Å². The van der Waals surface area contributed by atoms with Crippen LogP contribution in [0.3, 0.4) is 0 Å². The molecule has 0 radical (unpaired) electrons. The van der Waals surface area contributed by atoms with Crippen LogP contribution >= 0.6 is 0 Å². The van der Waals surface area contributed by atoms with E-state index < -0.39 is 23.9 Å². The van der Waals surface area contributed by atoms with Gasteiger partial charge in [0.05, 0.1) is 0 Å². The van der Waals surface area contributed by atoms with Gasteiger partial charge in [0.1, 0.15) is 73.1 Å². The Kier molecular flexibility index (Phi) is 13.2. The molecule has 2 aromatic rings. The third kappa shape index (κ3) is 10.8. The van der Waals surface area contributed by atoms with Gasteiger partial charge in [-0.2, -0.15) is 0 Å². The number of hydrogen-bond acceptors (Lipinski definition) is 12. The third-order valence-corrected chi connectivity index (χ3v) is 4.36. The number of esters is 4. The summed E-state index contributed by atoms with van der Waals surface area (Å²) in [6.45, 7) is 13.2. The van der Waals surface area contributed by atoms with E-state index in [1.165, 1.54) is 12.1 Å². The standard InChI is InChI=1S/C30H24O12/c1-5-27(31)39-13-9-35-21-17-23-24(25(19-21)37-11-15-41-29(33)7-3)18-22(36-10-14-40-28(32)6-2)20-26(23)38-12-16-42-30(34)8-4/h5-20H,1-4H2/b13-9-,14-10-,15-11-,16-12-. The van der Waals surface area contributed by atoms with E-state index in [2.05, 4.69) is 26.3 Å². The fraction of sp³-hybridized carbons (Fsp3) is 0. The first kappa shape index (κ1) is 31.9. The van der Waals surface area contributed by atoms with Crippen LogP contribution in [-0.2, 0) is 38.1 Å². The molecule has 0 aliphatic heterocycles. The van der Waals surface area contributed by atoms with Gasteiger partial charge in [-0.25, -0.2) is 19.2 Å². The van der Waals surface area contributed by atoms with Crippen LogP contribution in [0.25, 0.3) is 10.8 Å². The van der Waals surface area contributed by atoms with Crippen molar-refractivity contribution in [2.45, 2.75) is 0 Å². The van der Waals surface area contributed by atoms with E-state index in [-0.39, 0.29) is 23.0 Å². The highest BCUT2D eigenvalue weighted by Gasteiger charge is 2.14. The maximum atomic E-state index is 11.3. The molecule has 0 aliphatic carbocycles.